The summed E-state index contributed by atoms with van der Waals surface area (Å²) in [4.78, 5) is 10.2. The van der Waals surface area contributed by atoms with Crippen LogP contribution in [0.1, 0.15) is 5.56 Å². The van der Waals surface area contributed by atoms with Crippen molar-refractivity contribution in [2.75, 3.05) is 13.9 Å². The molecule has 0 bridgehead atoms. The number of oxime groups is 1. The molecule has 0 aliphatic rings. The highest BCUT2D eigenvalue weighted by atomic mass is 16.7. The second kappa shape index (κ2) is 5.66. The number of nitrogens with two attached hydrogens (primary N) is 1. The number of nitro groups is 1. The number of ether oxygens (including phenoxy) is 2. The van der Waals surface area contributed by atoms with Gasteiger partial charge in [-0.1, -0.05) is 5.16 Å². The number of benzene rings is 1. The molecular formula is C9H11N3O5. The van der Waals surface area contributed by atoms with Gasteiger partial charge >= 0.3 is 5.69 Å². The summed E-state index contributed by atoms with van der Waals surface area (Å²) in [6, 6.07) is 3.94. The molecule has 0 aliphatic heterocycles. The van der Waals surface area contributed by atoms with E-state index in [0.717, 1.165) is 6.07 Å². The van der Waals surface area contributed by atoms with E-state index in [-0.39, 0.29) is 29.6 Å². The smallest absolute Gasteiger partial charge is 0.311 e. The number of hydrogen-bond donors (Lipinski definition) is 2. The van der Waals surface area contributed by atoms with Crippen LogP contribution >= 0.6 is 0 Å². The summed E-state index contributed by atoms with van der Waals surface area (Å²) in [6.07, 6.45) is 0. The lowest BCUT2D eigenvalue weighted by molar-refractivity contribution is -0.386. The first-order valence-corrected chi connectivity index (χ1v) is 4.48. The van der Waals surface area contributed by atoms with Crippen LogP contribution in [0.25, 0.3) is 0 Å². The molecule has 17 heavy (non-hydrogen) atoms. The summed E-state index contributed by atoms with van der Waals surface area (Å²) in [6.45, 7) is -0.107. The summed E-state index contributed by atoms with van der Waals surface area (Å²) in [5.74, 6) is -0.169. The van der Waals surface area contributed by atoms with Crippen molar-refractivity contribution in [1.82, 2.24) is 0 Å². The first-order chi connectivity index (χ1) is 8.10. The van der Waals surface area contributed by atoms with E-state index in [4.69, 9.17) is 15.7 Å². The normalized spacial score (nSPS) is 11.2. The third-order valence-electron chi connectivity index (χ3n) is 1.89. The molecule has 0 radical (unpaired) electrons. The zero-order valence-electron chi connectivity index (χ0n) is 8.99. The Bertz CT molecular complexity index is 446. The Morgan fingerprint density at radius 3 is 2.88 bits per heavy atom. The zero-order valence-corrected chi connectivity index (χ0v) is 8.99. The molecule has 1 aromatic rings. The van der Waals surface area contributed by atoms with E-state index >= 15 is 0 Å². The van der Waals surface area contributed by atoms with Crippen LogP contribution in [0.4, 0.5) is 5.69 Å². The molecule has 1 aromatic carbocycles. The Labute approximate surface area is 96.4 Å². The Morgan fingerprint density at radius 2 is 2.35 bits per heavy atom. The summed E-state index contributed by atoms with van der Waals surface area (Å²) >= 11 is 0. The fourth-order valence-electron chi connectivity index (χ4n) is 1.12. The first-order valence-electron chi connectivity index (χ1n) is 4.48. The van der Waals surface area contributed by atoms with Crippen LogP contribution in [0, 0.1) is 10.1 Å². The predicted molar refractivity (Wildman–Crippen MR) is 58.1 cm³/mol. The molecule has 0 atom stereocenters. The Morgan fingerprint density at radius 1 is 1.65 bits per heavy atom. The third-order valence-corrected chi connectivity index (χ3v) is 1.89. The van der Waals surface area contributed by atoms with Crippen molar-refractivity contribution in [2.24, 2.45) is 10.9 Å². The van der Waals surface area contributed by atoms with E-state index in [9.17, 15) is 10.1 Å². The van der Waals surface area contributed by atoms with Crippen molar-refractivity contribution in [1.29, 1.82) is 0 Å². The van der Waals surface area contributed by atoms with E-state index in [0.29, 0.717) is 0 Å². The van der Waals surface area contributed by atoms with Gasteiger partial charge in [0.15, 0.2) is 18.4 Å². The summed E-state index contributed by atoms with van der Waals surface area (Å²) in [5.41, 5.74) is 5.27. The van der Waals surface area contributed by atoms with Crippen LogP contribution in [0.15, 0.2) is 23.4 Å². The van der Waals surface area contributed by atoms with Gasteiger partial charge in [-0.05, 0) is 12.1 Å². The molecule has 0 saturated carbocycles. The molecule has 1 rings (SSSR count). The van der Waals surface area contributed by atoms with Gasteiger partial charge in [0.1, 0.15) is 0 Å². The molecule has 0 unspecified atom stereocenters. The number of nitrogens with zero attached hydrogens (tertiary/aromatic N) is 2. The standard InChI is InChI=1S/C9H11N3O5/c1-16-5-17-8-3-2-6(9(10)11-13)4-7(8)12(14)15/h2-4,13H,5H2,1H3,(H2,10,11). The van der Waals surface area contributed by atoms with Crippen LogP contribution in [0.2, 0.25) is 0 Å². The Hall–Kier alpha value is -2.35. The lowest BCUT2D eigenvalue weighted by Gasteiger charge is -2.06. The second-order valence-corrected chi connectivity index (χ2v) is 2.98. The van der Waals surface area contributed by atoms with E-state index in [1.165, 1.54) is 19.2 Å². The minimum Gasteiger partial charge on any atom is -0.460 e. The first kappa shape index (κ1) is 12.7. The number of methoxy groups -OCH3 is 1. The maximum atomic E-state index is 10.8. The van der Waals surface area contributed by atoms with E-state index in [1.54, 1.807) is 0 Å². The molecule has 3 N–H and O–H groups in total. The van der Waals surface area contributed by atoms with Gasteiger partial charge in [-0.2, -0.15) is 0 Å². The van der Waals surface area contributed by atoms with Gasteiger partial charge < -0.3 is 20.4 Å². The molecule has 0 spiro atoms. The van der Waals surface area contributed by atoms with Gasteiger partial charge in [0, 0.05) is 18.7 Å². The molecule has 0 saturated heterocycles. The summed E-state index contributed by atoms with van der Waals surface area (Å²) in [5, 5.41) is 22.0. The van der Waals surface area contributed by atoms with Gasteiger partial charge in [-0.25, -0.2) is 0 Å². The molecule has 0 fully saturated rings. The highest BCUT2D eigenvalue weighted by Crippen LogP contribution is 2.27. The number of amidine groups is 1. The van der Waals surface area contributed by atoms with Crippen molar-refractivity contribution >= 4 is 11.5 Å². The average molecular weight is 241 g/mol. The largest absolute Gasteiger partial charge is 0.460 e. The fraction of sp³-hybridized carbons (Fsp3) is 0.222. The molecule has 92 valence electrons. The van der Waals surface area contributed by atoms with Gasteiger partial charge in [0.2, 0.25) is 0 Å². The molecule has 0 aliphatic carbocycles. The fourth-order valence-corrected chi connectivity index (χ4v) is 1.12. The monoisotopic (exact) mass is 241 g/mol. The minimum atomic E-state index is -0.626. The maximum absolute atomic E-state index is 10.8. The quantitative estimate of drug-likeness (QED) is 0.195. The van der Waals surface area contributed by atoms with E-state index in [2.05, 4.69) is 9.89 Å². The Kier molecular flexibility index (Phi) is 4.23. The number of hydrogen-bond acceptors (Lipinski definition) is 6. The van der Waals surface area contributed by atoms with Gasteiger partial charge in [0.05, 0.1) is 4.92 Å². The van der Waals surface area contributed by atoms with Crippen molar-refractivity contribution in [2.45, 2.75) is 0 Å². The highest BCUT2D eigenvalue weighted by molar-refractivity contribution is 5.97. The van der Waals surface area contributed by atoms with Gasteiger partial charge in [-0.3, -0.25) is 10.1 Å². The molecule has 0 heterocycles. The van der Waals surface area contributed by atoms with Crippen LogP contribution in [-0.4, -0.2) is 29.9 Å². The SMILES string of the molecule is COCOc1ccc(C(N)=NO)cc1[N+](=O)[O-]. The zero-order chi connectivity index (χ0) is 12.8. The van der Waals surface area contributed by atoms with E-state index in [1.807, 2.05) is 0 Å². The van der Waals surface area contributed by atoms with Crippen LogP contribution < -0.4 is 10.5 Å². The van der Waals surface area contributed by atoms with Crippen molar-refractivity contribution in [3.05, 3.63) is 33.9 Å². The van der Waals surface area contributed by atoms with Crippen molar-refractivity contribution < 1.29 is 19.6 Å². The van der Waals surface area contributed by atoms with Crippen molar-refractivity contribution in [3.63, 3.8) is 0 Å². The van der Waals surface area contributed by atoms with Crippen LogP contribution in [0.5, 0.6) is 5.75 Å². The minimum absolute atomic E-state index is 0.0475. The third kappa shape index (κ3) is 3.05. The molecular weight excluding hydrogens is 230 g/mol. The van der Waals surface area contributed by atoms with E-state index < -0.39 is 4.92 Å². The Balaban J connectivity index is 3.13. The predicted octanol–water partition coefficient (Wildman–Crippen LogP) is 0.672. The molecule has 0 amide bonds. The number of rotatable bonds is 5. The topological polar surface area (TPSA) is 120 Å². The lowest BCUT2D eigenvalue weighted by Crippen LogP contribution is -2.13. The second-order valence-electron chi connectivity index (χ2n) is 2.98. The molecule has 0 aromatic heterocycles. The van der Waals surface area contributed by atoms with Crippen LogP contribution in [0.3, 0.4) is 0 Å². The van der Waals surface area contributed by atoms with Gasteiger partial charge in [0.25, 0.3) is 0 Å². The maximum Gasteiger partial charge on any atom is 0.311 e. The molecule has 8 heteroatoms. The van der Waals surface area contributed by atoms with Crippen LogP contribution in [-0.2, 0) is 4.74 Å². The molecule has 8 nitrogen and oxygen atoms in total. The average Bonchev–Trinajstić information content (AvgIpc) is 2.35. The van der Waals surface area contributed by atoms with Gasteiger partial charge in [-0.15, -0.1) is 0 Å². The summed E-state index contributed by atoms with van der Waals surface area (Å²) in [7, 11) is 1.40. The van der Waals surface area contributed by atoms with Crippen molar-refractivity contribution in [3.8, 4) is 5.75 Å². The lowest BCUT2D eigenvalue weighted by atomic mass is 10.2. The summed E-state index contributed by atoms with van der Waals surface area (Å²) < 4.78 is 9.66. The number of nitro benzene ring substituents is 1. The highest BCUT2D eigenvalue weighted by Gasteiger charge is 2.17.